The number of hydrogen-bond donors (Lipinski definition) is 1. The highest BCUT2D eigenvalue weighted by atomic mass is 32.2. The van der Waals surface area contributed by atoms with Crippen LogP contribution in [0.2, 0.25) is 0 Å². The van der Waals surface area contributed by atoms with Crippen LogP contribution in [0.3, 0.4) is 0 Å². The predicted octanol–water partition coefficient (Wildman–Crippen LogP) is 2.43. The molecule has 1 N–H and O–H groups in total. The molecule has 2 aromatic rings. The van der Waals surface area contributed by atoms with Gasteiger partial charge in [-0.25, -0.2) is 19.6 Å². The lowest BCUT2D eigenvalue weighted by atomic mass is 10.0. The van der Waals surface area contributed by atoms with Gasteiger partial charge in [0, 0.05) is 49.2 Å². The van der Waals surface area contributed by atoms with Crippen molar-refractivity contribution in [1.82, 2.24) is 14.9 Å². The van der Waals surface area contributed by atoms with Crippen LogP contribution in [0, 0.1) is 11.3 Å². The number of pyridine rings is 2. The first-order chi connectivity index (χ1) is 18.1. The molecule has 0 bridgehead atoms. The van der Waals surface area contributed by atoms with Gasteiger partial charge in [-0.15, -0.1) is 11.8 Å². The summed E-state index contributed by atoms with van der Waals surface area (Å²) in [5.41, 5.74) is 2.55. The smallest absolute Gasteiger partial charge is 0.328 e. The Bertz CT molecular complexity index is 1270. The largest absolute Gasteiger partial charge is 0.384 e. The molecular formula is C25H26N6O5S. The first-order valence-electron chi connectivity index (χ1n) is 11.7. The quantitative estimate of drug-likeness (QED) is 0.238. The normalized spacial score (nSPS) is 15.0. The third-order valence-corrected chi connectivity index (χ3v) is 7.02. The van der Waals surface area contributed by atoms with Crippen molar-refractivity contribution in [2.24, 2.45) is 0 Å². The van der Waals surface area contributed by atoms with E-state index in [-0.39, 0.29) is 12.3 Å². The zero-order valence-electron chi connectivity index (χ0n) is 20.4. The van der Waals surface area contributed by atoms with Crippen LogP contribution in [-0.4, -0.2) is 78.9 Å². The van der Waals surface area contributed by atoms with E-state index in [1.54, 1.807) is 13.2 Å². The molecule has 0 radical (unpaired) electrons. The number of carbonyl (C=O) groups excluding carboxylic acids is 3. The van der Waals surface area contributed by atoms with Crippen molar-refractivity contribution >= 4 is 41.7 Å². The number of thioether (sulfide) groups is 1. The average molecular weight is 523 g/mol. The van der Waals surface area contributed by atoms with Crippen molar-refractivity contribution in [3.05, 3.63) is 46.4 Å². The Labute approximate surface area is 218 Å². The Morgan fingerprint density at radius 2 is 2.24 bits per heavy atom. The number of anilines is 2. The first-order valence-corrected chi connectivity index (χ1v) is 12.7. The number of rotatable bonds is 8. The molecule has 0 aliphatic carbocycles. The summed E-state index contributed by atoms with van der Waals surface area (Å²) in [4.78, 5) is 49.2. The highest BCUT2D eigenvalue weighted by Crippen LogP contribution is 2.30. The molecule has 0 spiro atoms. The number of carbonyl (C=O) groups is 2. The monoisotopic (exact) mass is 522 g/mol. The average Bonchev–Trinajstić information content (AvgIpc) is 2.93. The van der Waals surface area contributed by atoms with Crippen LogP contribution in [0.4, 0.5) is 16.4 Å². The Balaban J connectivity index is 1.55. The summed E-state index contributed by atoms with van der Waals surface area (Å²) < 4.78 is 10.4. The van der Waals surface area contributed by atoms with Gasteiger partial charge in [0.15, 0.2) is 6.29 Å². The molecule has 4 rings (SSSR count). The number of amides is 2. The van der Waals surface area contributed by atoms with E-state index in [2.05, 4.69) is 21.4 Å². The summed E-state index contributed by atoms with van der Waals surface area (Å²) in [7, 11) is 1.61. The fourth-order valence-corrected chi connectivity index (χ4v) is 5.07. The van der Waals surface area contributed by atoms with Gasteiger partial charge in [0.25, 0.3) is 0 Å². The molecule has 192 valence electrons. The van der Waals surface area contributed by atoms with Crippen LogP contribution >= 0.6 is 11.8 Å². The maximum Gasteiger partial charge on any atom is 0.328 e. The highest BCUT2D eigenvalue weighted by Gasteiger charge is 2.27. The molecule has 2 amide bonds. The fraction of sp³-hybridized carbons (Fsp3) is 0.400. The number of methoxy groups -OCH3 is 1. The van der Waals surface area contributed by atoms with Gasteiger partial charge in [-0.05, 0) is 30.5 Å². The van der Waals surface area contributed by atoms with Crippen molar-refractivity contribution in [2.45, 2.75) is 24.3 Å². The van der Waals surface area contributed by atoms with E-state index in [1.165, 1.54) is 22.9 Å². The minimum absolute atomic E-state index is 0.183. The van der Waals surface area contributed by atoms with Gasteiger partial charge < -0.3 is 14.4 Å². The lowest BCUT2D eigenvalue weighted by molar-refractivity contribution is 0.0718. The number of aryl methyl sites for hydroxylation is 1. The number of fused-ring (bicyclic) bond motifs is 1. The van der Waals surface area contributed by atoms with Crippen molar-refractivity contribution in [2.75, 3.05) is 56.0 Å². The van der Waals surface area contributed by atoms with Crippen LogP contribution in [-0.2, 0) is 27.2 Å². The Hall–Kier alpha value is -3.75. The zero-order chi connectivity index (χ0) is 26.2. The van der Waals surface area contributed by atoms with Crippen molar-refractivity contribution < 1.29 is 23.9 Å². The minimum atomic E-state index is -0.428. The lowest BCUT2D eigenvalue weighted by Gasteiger charge is -2.31. The number of nitriles is 1. The predicted molar refractivity (Wildman–Crippen MR) is 136 cm³/mol. The third-order valence-electron chi connectivity index (χ3n) is 6.00. The molecule has 2 aliphatic rings. The number of urea groups is 1. The molecule has 37 heavy (non-hydrogen) atoms. The van der Waals surface area contributed by atoms with Crippen LogP contribution in [0.15, 0.2) is 28.9 Å². The molecule has 4 heterocycles. The van der Waals surface area contributed by atoms with Crippen molar-refractivity contribution in [1.29, 1.82) is 5.26 Å². The summed E-state index contributed by atoms with van der Waals surface area (Å²) in [5, 5.41) is 12.2. The maximum absolute atomic E-state index is 13.2. The molecule has 2 aliphatic heterocycles. The Morgan fingerprint density at radius 3 is 3.00 bits per heavy atom. The molecule has 0 aromatic carbocycles. The summed E-state index contributed by atoms with van der Waals surface area (Å²) >= 11 is 1.44. The Morgan fingerprint density at radius 1 is 1.38 bits per heavy atom. The van der Waals surface area contributed by atoms with Crippen LogP contribution in [0.25, 0.3) is 0 Å². The summed E-state index contributed by atoms with van der Waals surface area (Å²) in [6.45, 7) is 2.45. The van der Waals surface area contributed by atoms with Gasteiger partial charge in [0.1, 0.15) is 35.0 Å². The molecule has 0 saturated carbocycles. The minimum Gasteiger partial charge on any atom is -0.384 e. The number of ether oxygens (including phenoxy) is 2. The van der Waals surface area contributed by atoms with Gasteiger partial charge in [0.2, 0.25) is 0 Å². The van der Waals surface area contributed by atoms with Crippen LogP contribution < -0.4 is 10.2 Å². The summed E-state index contributed by atoms with van der Waals surface area (Å²) in [6.07, 6.45) is 3.51. The zero-order valence-corrected chi connectivity index (χ0v) is 21.2. The second-order valence-electron chi connectivity index (χ2n) is 8.36. The molecule has 0 atom stereocenters. The molecule has 1 saturated heterocycles. The van der Waals surface area contributed by atoms with Gasteiger partial charge in [0.05, 0.1) is 25.4 Å². The SMILES string of the molecule is COCCSc1cc(NC(=O)N2CCCc3cc(CN4CCOCC4=C=O)c(C=O)nc32)ncc1C#N. The fourth-order valence-electron chi connectivity index (χ4n) is 4.15. The van der Waals surface area contributed by atoms with E-state index in [4.69, 9.17) is 9.47 Å². The van der Waals surface area contributed by atoms with Crippen molar-refractivity contribution in [3.8, 4) is 6.07 Å². The van der Waals surface area contributed by atoms with E-state index in [0.29, 0.717) is 84.7 Å². The Kier molecular flexibility index (Phi) is 8.87. The van der Waals surface area contributed by atoms with Gasteiger partial charge >= 0.3 is 6.03 Å². The van der Waals surface area contributed by atoms with E-state index in [0.717, 1.165) is 12.0 Å². The molecule has 0 unspecified atom stereocenters. The van der Waals surface area contributed by atoms with Crippen molar-refractivity contribution in [3.63, 3.8) is 0 Å². The summed E-state index contributed by atoms with van der Waals surface area (Å²) in [5.74, 6) is 3.29. The number of aromatic nitrogens is 2. The standard InChI is InChI=1S/C25H26N6O5S/c1-35-7-8-37-22-10-23(27-12-19(22)11-26)29-25(34)31-4-2-3-17-9-18(21(15-33)28-24(17)31)13-30-5-6-36-16-20(30)14-32/h9-10,12,15H,2-8,13,16H2,1H3,(H,27,29,34). The highest BCUT2D eigenvalue weighted by molar-refractivity contribution is 7.99. The molecule has 11 nitrogen and oxygen atoms in total. The number of aldehydes is 1. The topological polar surface area (TPSA) is 138 Å². The van der Waals surface area contributed by atoms with Gasteiger partial charge in [-0.1, -0.05) is 0 Å². The number of nitrogens with zero attached hydrogens (tertiary/aromatic N) is 5. The van der Waals surface area contributed by atoms with Gasteiger partial charge in [-0.2, -0.15) is 5.26 Å². The molecular weight excluding hydrogens is 496 g/mol. The number of morpholine rings is 1. The second kappa shape index (κ2) is 12.5. The number of hydrogen-bond acceptors (Lipinski definition) is 10. The molecule has 2 aromatic heterocycles. The van der Waals surface area contributed by atoms with E-state index >= 15 is 0 Å². The summed E-state index contributed by atoms with van der Waals surface area (Å²) in [6, 6.07) is 5.23. The van der Waals surface area contributed by atoms with E-state index in [9.17, 15) is 19.6 Å². The lowest BCUT2D eigenvalue weighted by Crippen LogP contribution is -2.40. The maximum atomic E-state index is 13.2. The van der Waals surface area contributed by atoms with Crippen LogP contribution in [0.1, 0.15) is 33.6 Å². The number of nitrogens with one attached hydrogen (secondary N) is 1. The third kappa shape index (κ3) is 6.15. The van der Waals surface area contributed by atoms with Crippen LogP contribution in [0.5, 0.6) is 0 Å². The second-order valence-corrected chi connectivity index (χ2v) is 9.50. The van der Waals surface area contributed by atoms with E-state index < -0.39 is 6.03 Å². The van der Waals surface area contributed by atoms with E-state index in [1.807, 2.05) is 16.9 Å². The molecule has 1 fully saturated rings. The first kappa shape index (κ1) is 26.3. The van der Waals surface area contributed by atoms with Gasteiger partial charge in [-0.3, -0.25) is 15.0 Å². The molecule has 12 heteroatoms.